The summed E-state index contributed by atoms with van der Waals surface area (Å²) in [5.41, 5.74) is -1.09. The second-order valence-electron chi connectivity index (χ2n) is 13.8. The fourth-order valence-corrected chi connectivity index (χ4v) is 6.34. The molecule has 0 aromatic carbocycles. The van der Waals surface area contributed by atoms with E-state index in [9.17, 15) is 13.8 Å². The van der Waals surface area contributed by atoms with Gasteiger partial charge in [0.2, 0.25) is 0 Å². The van der Waals surface area contributed by atoms with Gasteiger partial charge in [0.1, 0.15) is 29.3 Å². The normalized spacial score (nSPS) is 25.1. The lowest BCUT2D eigenvalue weighted by Crippen LogP contribution is -2.54. The van der Waals surface area contributed by atoms with Gasteiger partial charge in [0.25, 0.3) is 5.56 Å². The summed E-state index contributed by atoms with van der Waals surface area (Å²) in [6, 6.07) is 1.29. The van der Waals surface area contributed by atoms with Crippen LogP contribution in [-0.4, -0.2) is 59.7 Å². The van der Waals surface area contributed by atoms with E-state index in [0.29, 0.717) is 0 Å². The molecule has 0 aliphatic carbocycles. The van der Waals surface area contributed by atoms with Gasteiger partial charge >= 0.3 is 5.69 Å². The first kappa shape index (κ1) is 32.0. The maximum atomic E-state index is 12.9. The number of rotatable bonds is 7. The topological polar surface area (TPSA) is 112 Å². The smallest absolute Gasteiger partial charge is 0.330 e. The summed E-state index contributed by atoms with van der Waals surface area (Å²) in [5.74, 6) is 0. The highest BCUT2D eigenvalue weighted by atomic mass is 32.2. The lowest BCUT2D eigenvalue weighted by molar-refractivity contribution is -0.0203. The van der Waals surface area contributed by atoms with Gasteiger partial charge in [-0.1, -0.05) is 41.5 Å². The highest BCUT2D eigenvalue weighted by Gasteiger charge is 2.54. The number of nitrogens with zero attached hydrogens (tertiary/aromatic N) is 2. The van der Waals surface area contributed by atoms with Crippen LogP contribution in [0.2, 0.25) is 36.3 Å². The molecule has 37 heavy (non-hydrogen) atoms. The van der Waals surface area contributed by atoms with E-state index in [1.807, 2.05) is 20.8 Å². The fraction of sp³-hybridized carbons (Fsp3) is 0.800. The highest BCUT2D eigenvalue weighted by Crippen LogP contribution is 2.45. The Kier molecular flexibility index (Phi) is 9.32. The minimum atomic E-state index is -2.38. The van der Waals surface area contributed by atoms with E-state index in [0.717, 1.165) is 0 Å². The molecule has 2 heterocycles. The maximum absolute atomic E-state index is 12.9. The molecule has 0 bridgehead atoms. The molecule has 212 valence electrons. The van der Waals surface area contributed by atoms with E-state index < -0.39 is 68.2 Å². The van der Waals surface area contributed by atoms with Gasteiger partial charge in [0, 0.05) is 18.5 Å². The van der Waals surface area contributed by atoms with Crippen molar-refractivity contribution < 1.29 is 17.8 Å². The number of aromatic amines is 1. The Labute approximate surface area is 226 Å². The first-order valence-electron chi connectivity index (χ1n) is 12.8. The molecule has 1 saturated heterocycles. The van der Waals surface area contributed by atoms with E-state index in [4.69, 9.17) is 13.6 Å². The van der Waals surface area contributed by atoms with Crippen molar-refractivity contribution in [1.82, 2.24) is 9.55 Å². The summed E-state index contributed by atoms with van der Waals surface area (Å²) in [6.45, 7) is 27.0. The summed E-state index contributed by atoms with van der Waals surface area (Å²) in [7, 11) is -6.22. The first-order valence-corrected chi connectivity index (χ1v) is 19.7. The first-order chi connectivity index (χ1) is 16.5. The van der Waals surface area contributed by atoms with Crippen molar-refractivity contribution in [1.29, 1.82) is 0 Å². The molecule has 12 heteroatoms. The molecule has 0 spiro atoms. The molecule has 1 aliphatic rings. The van der Waals surface area contributed by atoms with Gasteiger partial charge in [-0.2, -0.15) is 4.40 Å². The third-order valence-electron chi connectivity index (χ3n) is 7.65. The van der Waals surface area contributed by atoms with Crippen molar-refractivity contribution in [3.63, 3.8) is 0 Å². The molecule has 1 fully saturated rings. The molecule has 1 N–H and O–H groups in total. The van der Waals surface area contributed by atoms with Gasteiger partial charge in [0.15, 0.2) is 22.9 Å². The van der Waals surface area contributed by atoms with Crippen LogP contribution < -0.4 is 11.2 Å². The lowest BCUT2D eigenvalue weighted by atomic mass is 10.1. The molecule has 0 amide bonds. The molecule has 0 saturated carbocycles. The minimum Gasteiger partial charge on any atom is -0.408 e. The summed E-state index contributed by atoms with van der Waals surface area (Å²) < 4.78 is 38.1. The van der Waals surface area contributed by atoms with Crippen LogP contribution in [0.15, 0.2) is 26.2 Å². The summed E-state index contributed by atoms with van der Waals surface area (Å²) in [6.07, 6.45) is 0.131. The SMILES string of the molecule is CC(C)(C)[S@](=O)/N=C/[C@H]1O[C@@H](n2ccc(=O)[nH]c2=O)[C@H](O[Si](C)(C)C(C)(C)C)[C@@H]1O[Si](C)(C)C(C)(C)C. The van der Waals surface area contributed by atoms with E-state index >= 15 is 0 Å². The zero-order valence-electron chi connectivity index (χ0n) is 24.8. The van der Waals surface area contributed by atoms with Gasteiger partial charge in [-0.25, -0.2) is 9.00 Å². The Morgan fingerprint density at radius 3 is 1.86 bits per heavy atom. The van der Waals surface area contributed by atoms with Crippen LogP contribution in [-0.2, 0) is 24.6 Å². The number of H-pyrrole nitrogens is 1. The molecule has 1 aromatic heterocycles. The lowest BCUT2D eigenvalue weighted by Gasteiger charge is -2.44. The van der Waals surface area contributed by atoms with Crippen LogP contribution in [0.5, 0.6) is 0 Å². The molecule has 0 radical (unpaired) electrons. The predicted molar refractivity (Wildman–Crippen MR) is 156 cm³/mol. The largest absolute Gasteiger partial charge is 0.408 e. The van der Waals surface area contributed by atoms with Crippen molar-refractivity contribution in [3.05, 3.63) is 33.1 Å². The Morgan fingerprint density at radius 1 is 0.946 bits per heavy atom. The fourth-order valence-electron chi connectivity index (χ4n) is 3.20. The van der Waals surface area contributed by atoms with Crippen LogP contribution in [0.4, 0.5) is 0 Å². The molecule has 9 nitrogen and oxygen atoms in total. The zero-order chi connectivity index (χ0) is 28.8. The molecule has 1 aromatic rings. The molecule has 2 rings (SSSR count). The Morgan fingerprint density at radius 2 is 1.43 bits per heavy atom. The van der Waals surface area contributed by atoms with Gasteiger partial charge in [-0.05, 0) is 57.0 Å². The Bertz CT molecular complexity index is 1130. The average molecular weight is 574 g/mol. The third-order valence-corrected chi connectivity index (χ3v) is 18.0. The van der Waals surface area contributed by atoms with Crippen LogP contribution in [0.1, 0.15) is 68.5 Å². The average Bonchev–Trinajstić information content (AvgIpc) is 2.99. The van der Waals surface area contributed by atoms with Crippen molar-refractivity contribution >= 4 is 33.8 Å². The van der Waals surface area contributed by atoms with Crippen LogP contribution >= 0.6 is 0 Å². The van der Waals surface area contributed by atoms with Gasteiger partial charge in [-0.15, -0.1) is 0 Å². The van der Waals surface area contributed by atoms with E-state index in [1.165, 1.54) is 23.0 Å². The number of nitrogens with one attached hydrogen (secondary N) is 1. The molecule has 1 aliphatic heterocycles. The van der Waals surface area contributed by atoms with Gasteiger partial charge < -0.3 is 13.6 Å². The quantitative estimate of drug-likeness (QED) is 0.372. The van der Waals surface area contributed by atoms with E-state index in [2.05, 4.69) is 77.1 Å². The monoisotopic (exact) mass is 573 g/mol. The molecule has 5 atom stereocenters. The number of hydrogen-bond acceptors (Lipinski definition) is 6. The number of ether oxygens (including phenoxy) is 1. The van der Waals surface area contributed by atoms with Crippen LogP contribution in [0.3, 0.4) is 0 Å². The molecular formula is C25H47N3O6SSi2. The molecular weight excluding hydrogens is 527 g/mol. The predicted octanol–water partition coefficient (Wildman–Crippen LogP) is 4.75. The summed E-state index contributed by atoms with van der Waals surface area (Å²) in [4.78, 5) is 27.0. The van der Waals surface area contributed by atoms with Crippen molar-refractivity contribution in [3.8, 4) is 0 Å². The van der Waals surface area contributed by atoms with E-state index in [1.54, 1.807) is 0 Å². The van der Waals surface area contributed by atoms with Gasteiger partial charge in [-0.3, -0.25) is 14.3 Å². The van der Waals surface area contributed by atoms with Crippen molar-refractivity contribution in [2.24, 2.45) is 4.40 Å². The second-order valence-corrected chi connectivity index (χ2v) is 25.3. The summed E-state index contributed by atoms with van der Waals surface area (Å²) in [5, 5.41) is -0.216. The van der Waals surface area contributed by atoms with Crippen LogP contribution in [0.25, 0.3) is 0 Å². The third kappa shape index (κ3) is 7.48. The van der Waals surface area contributed by atoms with Crippen LogP contribution in [0, 0.1) is 0 Å². The molecule has 0 unspecified atom stereocenters. The number of hydrogen-bond donors (Lipinski definition) is 1. The maximum Gasteiger partial charge on any atom is 0.330 e. The zero-order valence-corrected chi connectivity index (χ0v) is 27.6. The minimum absolute atomic E-state index is 0.0998. The highest BCUT2D eigenvalue weighted by molar-refractivity contribution is 7.85. The van der Waals surface area contributed by atoms with E-state index in [-0.39, 0.29) is 10.1 Å². The number of aromatic nitrogens is 2. The van der Waals surface area contributed by atoms with Crippen molar-refractivity contribution in [2.45, 2.75) is 128 Å². The van der Waals surface area contributed by atoms with Crippen molar-refractivity contribution in [2.75, 3.05) is 0 Å². The summed E-state index contributed by atoms with van der Waals surface area (Å²) >= 11 is 0. The van der Waals surface area contributed by atoms with Gasteiger partial charge in [0.05, 0.1) is 4.75 Å². The second kappa shape index (κ2) is 10.8. The Hall–Kier alpha value is -1.19. The standard InChI is InChI=1S/C25H47N3O6SSi2/c1-23(2,3)35(31)26-16-17-19(33-36(10,11)24(4,5)6)20(34-37(12,13)25(7,8)9)21(32-17)28-15-14-18(29)27-22(28)30/h14-17,19-21H,1-13H3,(H,27,29,30)/b26-16+/t17-,19-,20-,21-,35+/m1/s1. The Balaban J connectivity index is 2.70.